The van der Waals surface area contributed by atoms with Gasteiger partial charge in [0, 0.05) is 0 Å². The van der Waals surface area contributed by atoms with E-state index in [1.165, 1.54) is 18.2 Å². The molecule has 2 rings (SSSR count). The predicted molar refractivity (Wildman–Crippen MR) is 70.5 cm³/mol. The molecule has 0 radical (unpaired) electrons. The third-order valence-corrected chi connectivity index (χ3v) is 2.75. The van der Waals surface area contributed by atoms with Gasteiger partial charge in [0.15, 0.2) is 5.69 Å². The number of carbonyl (C=O) groups excluding carboxylic acids is 1. The van der Waals surface area contributed by atoms with Crippen LogP contribution in [0.25, 0.3) is 0 Å². The number of benzene rings is 1. The van der Waals surface area contributed by atoms with Crippen LogP contribution in [0.4, 0.5) is 14.6 Å². The van der Waals surface area contributed by atoms with E-state index in [2.05, 4.69) is 10.3 Å². The summed E-state index contributed by atoms with van der Waals surface area (Å²) in [5.74, 6) is -4.31. The number of amides is 1. The lowest BCUT2D eigenvalue weighted by Crippen LogP contribution is -2.16. The van der Waals surface area contributed by atoms with E-state index in [0.29, 0.717) is 12.1 Å². The normalized spacial score (nSPS) is 10.2. The van der Waals surface area contributed by atoms with Gasteiger partial charge in [0.25, 0.3) is 5.91 Å². The van der Waals surface area contributed by atoms with Crippen LogP contribution < -0.4 is 5.32 Å². The standard InChI is InChI=1S/C13H7ClF2N2O3/c14-7-5-8(15)6(4-9(7)16)12(19)18-11-3-1-2-10(17-11)13(20)21/h1-5H,(H,20,21)(H,17,18,19). The SMILES string of the molecule is O=C(O)c1cccc(NC(=O)c2cc(F)c(Cl)cc2F)n1. The van der Waals surface area contributed by atoms with Gasteiger partial charge < -0.3 is 10.4 Å². The summed E-state index contributed by atoms with van der Waals surface area (Å²) >= 11 is 5.38. The molecule has 0 saturated carbocycles. The molecule has 2 N–H and O–H groups in total. The molecular formula is C13H7ClF2N2O3. The number of nitrogens with one attached hydrogen (secondary N) is 1. The van der Waals surface area contributed by atoms with E-state index in [4.69, 9.17) is 16.7 Å². The smallest absolute Gasteiger partial charge is 0.354 e. The van der Waals surface area contributed by atoms with Gasteiger partial charge in [-0.15, -0.1) is 0 Å². The number of hydrogen-bond donors (Lipinski definition) is 2. The van der Waals surface area contributed by atoms with Gasteiger partial charge in [-0.25, -0.2) is 18.6 Å². The molecule has 2 aromatic rings. The number of hydrogen-bond acceptors (Lipinski definition) is 3. The van der Waals surface area contributed by atoms with Crippen molar-refractivity contribution in [2.75, 3.05) is 5.32 Å². The van der Waals surface area contributed by atoms with Gasteiger partial charge >= 0.3 is 5.97 Å². The zero-order valence-electron chi connectivity index (χ0n) is 10.2. The van der Waals surface area contributed by atoms with Gasteiger partial charge in [0.2, 0.25) is 0 Å². The summed E-state index contributed by atoms with van der Waals surface area (Å²) in [5, 5.41) is 10.5. The Kier molecular flexibility index (Phi) is 4.13. The first kappa shape index (κ1) is 14.9. The minimum atomic E-state index is -1.28. The van der Waals surface area contributed by atoms with Crippen molar-refractivity contribution in [1.82, 2.24) is 4.98 Å². The Morgan fingerprint density at radius 3 is 2.57 bits per heavy atom. The second-order valence-corrected chi connectivity index (χ2v) is 4.32. The fraction of sp³-hybridized carbons (Fsp3) is 0. The van der Waals surface area contributed by atoms with Gasteiger partial charge in [-0.2, -0.15) is 0 Å². The van der Waals surface area contributed by atoms with Gasteiger partial charge in [0.05, 0.1) is 10.6 Å². The molecule has 0 aliphatic carbocycles. The largest absolute Gasteiger partial charge is 0.477 e. The molecule has 1 heterocycles. The maximum Gasteiger partial charge on any atom is 0.354 e. The molecule has 8 heteroatoms. The average Bonchev–Trinajstić information content (AvgIpc) is 2.43. The third-order valence-electron chi connectivity index (χ3n) is 2.46. The molecule has 1 aromatic carbocycles. The Balaban J connectivity index is 2.28. The van der Waals surface area contributed by atoms with E-state index < -0.39 is 34.1 Å². The van der Waals surface area contributed by atoms with Crippen LogP contribution >= 0.6 is 11.6 Å². The second-order valence-electron chi connectivity index (χ2n) is 3.91. The van der Waals surface area contributed by atoms with Crippen molar-refractivity contribution in [3.63, 3.8) is 0 Å². The van der Waals surface area contributed by atoms with Crippen molar-refractivity contribution < 1.29 is 23.5 Å². The number of carbonyl (C=O) groups is 2. The number of rotatable bonds is 3. The number of halogens is 3. The van der Waals surface area contributed by atoms with Crippen molar-refractivity contribution in [3.8, 4) is 0 Å². The third kappa shape index (κ3) is 3.32. The average molecular weight is 313 g/mol. The van der Waals surface area contributed by atoms with Gasteiger partial charge in [-0.05, 0) is 24.3 Å². The van der Waals surface area contributed by atoms with Crippen LogP contribution in [0.2, 0.25) is 5.02 Å². The van der Waals surface area contributed by atoms with E-state index in [1.54, 1.807) is 0 Å². The molecule has 0 aliphatic rings. The Morgan fingerprint density at radius 2 is 1.90 bits per heavy atom. The molecule has 1 aromatic heterocycles. The molecule has 0 unspecified atom stereocenters. The highest BCUT2D eigenvalue weighted by Gasteiger charge is 2.16. The predicted octanol–water partition coefficient (Wildman–Crippen LogP) is 2.96. The summed E-state index contributed by atoms with van der Waals surface area (Å²) < 4.78 is 26.8. The number of carboxylic acids is 1. The quantitative estimate of drug-likeness (QED) is 0.854. The molecule has 0 bridgehead atoms. The van der Waals surface area contributed by atoms with Crippen LogP contribution in [0.15, 0.2) is 30.3 Å². The molecule has 0 spiro atoms. The summed E-state index contributed by atoms with van der Waals surface area (Å²) in [4.78, 5) is 26.2. The number of anilines is 1. The Labute approximate surface area is 122 Å². The van der Waals surface area contributed by atoms with E-state index >= 15 is 0 Å². The van der Waals surface area contributed by atoms with Crippen molar-refractivity contribution >= 4 is 29.3 Å². The molecule has 108 valence electrons. The highest BCUT2D eigenvalue weighted by Crippen LogP contribution is 2.20. The zero-order chi connectivity index (χ0) is 15.6. The topological polar surface area (TPSA) is 79.3 Å². The minimum absolute atomic E-state index is 0.102. The lowest BCUT2D eigenvalue weighted by atomic mass is 10.2. The molecule has 0 saturated heterocycles. The summed E-state index contributed by atoms with van der Waals surface area (Å²) in [6, 6.07) is 5.21. The van der Waals surface area contributed by atoms with Crippen LogP contribution in [-0.4, -0.2) is 22.0 Å². The fourth-order valence-corrected chi connectivity index (χ4v) is 1.65. The number of aromatic nitrogens is 1. The van der Waals surface area contributed by atoms with Crippen LogP contribution in [0.1, 0.15) is 20.8 Å². The molecular weight excluding hydrogens is 306 g/mol. The first-order chi connectivity index (χ1) is 9.88. The molecule has 0 aliphatic heterocycles. The summed E-state index contributed by atoms with van der Waals surface area (Å²) in [6.07, 6.45) is 0. The van der Waals surface area contributed by atoms with Gasteiger partial charge in [-0.1, -0.05) is 17.7 Å². The van der Waals surface area contributed by atoms with Crippen molar-refractivity contribution in [2.45, 2.75) is 0 Å². The minimum Gasteiger partial charge on any atom is -0.477 e. The summed E-state index contributed by atoms with van der Waals surface area (Å²) in [6.45, 7) is 0. The first-order valence-electron chi connectivity index (χ1n) is 5.54. The molecule has 1 amide bonds. The monoisotopic (exact) mass is 312 g/mol. The number of aromatic carboxylic acids is 1. The van der Waals surface area contributed by atoms with E-state index in [9.17, 15) is 18.4 Å². The number of carboxylic acid groups (broad SMARTS) is 1. The maximum absolute atomic E-state index is 13.6. The fourth-order valence-electron chi connectivity index (χ4n) is 1.50. The van der Waals surface area contributed by atoms with Crippen LogP contribution in [-0.2, 0) is 0 Å². The molecule has 5 nitrogen and oxygen atoms in total. The lowest BCUT2D eigenvalue weighted by molar-refractivity contribution is 0.0690. The summed E-state index contributed by atoms with van der Waals surface area (Å²) in [5.41, 5.74) is -0.866. The number of pyridine rings is 1. The van der Waals surface area contributed by atoms with Crippen molar-refractivity contribution in [3.05, 3.63) is 58.2 Å². The maximum atomic E-state index is 13.6. The highest BCUT2D eigenvalue weighted by atomic mass is 35.5. The highest BCUT2D eigenvalue weighted by molar-refractivity contribution is 6.30. The Hall–Kier alpha value is -2.54. The molecule has 21 heavy (non-hydrogen) atoms. The number of nitrogens with zero attached hydrogens (tertiary/aromatic N) is 1. The van der Waals surface area contributed by atoms with Gasteiger partial charge in [0.1, 0.15) is 17.5 Å². The molecule has 0 fully saturated rings. The Bertz CT molecular complexity index is 737. The van der Waals surface area contributed by atoms with E-state index in [1.807, 2.05) is 0 Å². The van der Waals surface area contributed by atoms with Crippen LogP contribution in [0.3, 0.4) is 0 Å². The summed E-state index contributed by atoms with van der Waals surface area (Å²) in [7, 11) is 0. The van der Waals surface area contributed by atoms with E-state index in [-0.39, 0.29) is 11.5 Å². The second kappa shape index (κ2) is 5.84. The molecule has 0 atom stereocenters. The van der Waals surface area contributed by atoms with Gasteiger partial charge in [-0.3, -0.25) is 4.79 Å². The lowest BCUT2D eigenvalue weighted by Gasteiger charge is -2.07. The van der Waals surface area contributed by atoms with Crippen LogP contribution in [0.5, 0.6) is 0 Å². The van der Waals surface area contributed by atoms with Crippen molar-refractivity contribution in [2.24, 2.45) is 0 Å². The first-order valence-corrected chi connectivity index (χ1v) is 5.92. The van der Waals surface area contributed by atoms with Crippen LogP contribution in [0, 0.1) is 11.6 Å². The zero-order valence-corrected chi connectivity index (χ0v) is 11.0. The van der Waals surface area contributed by atoms with E-state index in [0.717, 1.165) is 0 Å². The Morgan fingerprint density at radius 1 is 1.19 bits per heavy atom. The van der Waals surface area contributed by atoms with Crippen molar-refractivity contribution in [1.29, 1.82) is 0 Å².